The van der Waals surface area contributed by atoms with Gasteiger partial charge in [-0.1, -0.05) is 23.2 Å². The molecule has 0 fully saturated rings. The second kappa shape index (κ2) is 8.54. The molecule has 1 aromatic heterocycles. The van der Waals surface area contributed by atoms with Gasteiger partial charge < -0.3 is 10.2 Å². The van der Waals surface area contributed by atoms with Gasteiger partial charge in [-0.3, -0.25) is 9.59 Å². The van der Waals surface area contributed by atoms with Gasteiger partial charge in [-0.25, -0.2) is 0 Å². The van der Waals surface area contributed by atoms with Crippen molar-refractivity contribution in [1.82, 2.24) is 4.90 Å². The van der Waals surface area contributed by atoms with Gasteiger partial charge in [0.25, 0.3) is 11.8 Å². The molecule has 1 aromatic carbocycles. The van der Waals surface area contributed by atoms with Crippen molar-refractivity contribution in [1.29, 1.82) is 5.26 Å². The van der Waals surface area contributed by atoms with Crippen LogP contribution in [0.3, 0.4) is 0 Å². The molecule has 0 atom stereocenters. The summed E-state index contributed by atoms with van der Waals surface area (Å²) in [4.78, 5) is 27.2. The Hall–Kier alpha value is -2.07. The van der Waals surface area contributed by atoms with E-state index in [0.29, 0.717) is 44.7 Å². The second-order valence-electron chi connectivity index (χ2n) is 5.43. The molecular weight excluding hydrogens is 393 g/mol. The van der Waals surface area contributed by atoms with Gasteiger partial charge >= 0.3 is 0 Å². The molecule has 8 heteroatoms. The van der Waals surface area contributed by atoms with Crippen LogP contribution in [0.15, 0.2) is 18.2 Å². The van der Waals surface area contributed by atoms with Crippen LogP contribution < -0.4 is 5.32 Å². The highest BCUT2D eigenvalue weighted by atomic mass is 35.5. The van der Waals surface area contributed by atoms with Crippen LogP contribution in [0.25, 0.3) is 0 Å². The molecule has 1 heterocycles. The zero-order valence-corrected chi connectivity index (χ0v) is 16.8. The van der Waals surface area contributed by atoms with Crippen molar-refractivity contribution in [2.45, 2.75) is 20.8 Å². The molecule has 0 radical (unpaired) electrons. The van der Waals surface area contributed by atoms with Gasteiger partial charge in [0.1, 0.15) is 11.1 Å². The van der Waals surface area contributed by atoms with Gasteiger partial charge in [-0.05, 0) is 44.5 Å². The Kier molecular flexibility index (Phi) is 6.65. The van der Waals surface area contributed by atoms with Crippen LogP contribution in [-0.4, -0.2) is 29.8 Å². The maximum Gasteiger partial charge on any atom is 0.264 e. The Bertz CT molecular complexity index is 899. The maximum atomic E-state index is 12.6. The van der Waals surface area contributed by atoms with Crippen molar-refractivity contribution in [3.05, 3.63) is 49.8 Å². The van der Waals surface area contributed by atoms with Crippen molar-refractivity contribution in [3.63, 3.8) is 0 Å². The van der Waals surface area contributed by atoms with Crippen LogP contribution in [0, 0.1) is 18.3 Å². The second-order valence-corrected chi connectivity index (χ2v) is 7.27. The van der Waals surface area contributed by atoms with E-state index < -0.39 is 5.91 Å². The average molecular weight is 410 g/mol. The Labute approximate surface area is 166 Å². The number of nitriles is 1. The Morgan fingerprint density at radius 3 is 2.42 bits per heavy atom. The molecule has 2 aromatic rings. The number of halogens is 2. The third-order valence-corrected chi connectivity index (χ3v) is 5.85. The Morgan fingerprint density at radius 2 is 1.88 bits per heavy atom. The van der Waals surface area contributed by atoms with Crippen LogP contribution in [0.1, 0.15) is 45.0 Å². The third kappa shape index (κ3) is 4.01. The molecule has 2 amide bonds. The van der Waals surface area contributed by atoms with Crippen LogP contribution in [0.4, 0.5) is 5.00 Å². The highest BCUT2D eigenvalue weighted by Gasteiger charge is 2.24. The lowest BCUT2D eigenvalue weighted by Gasteiger charge is -2.17. The Morgan fingerprint density at radius 1 is 1.23 bits per heavy atom. The minimum absolute atomic E-state index is 0.149. The van der Waals surface area contributed by atoms with Gasteiger partial charge in [-0.15, -0.1) is 11.3 Å². The van der Waals surface area contributed by atoms with Crippen LogP contribution in [0.2, 0.25) is 10.0 Å². The molecule has 0 unspecified atom stereocenters. The van der Waals surface area contributed by atoms with E-state index in [2.05, 4.69) is 11.4 Å². The first kappa shape index (κ1) is 20.2. The van der Waals surface area contributed by atoms with E-state index in [4.69, 9.17) is 23.2 Å². The van der Waals surface area contributed by atoms with E-state index in [-0.39, 0.29) is 10.9 Å². The zero-order valence-electron chi connectivity index (χ0n) is 14.5. The molecule has 136 valence electrons. The monoisotopic (exact) mass is 409 g/mol. The minimum atomic E-state index is -0.428. The topological polar surface area (TPSA) is 73.2 Å². The number of carbonyl (C=O) groups is 2. The molecule has 2 rings (SSSR count). The molecule has 0 saturated carbocycles. The molecule has 0 aliphatic heterocycles. The fourth-order valence-corrected chi connectivity index (χ4v) is 3.83. The molecule has 0 bridgehead atoms. The summed E-state index contributed by atoms with van der Waals surface area (Å²) in [6.07, 6.45) is 0. The summed E-state index contributed by atoms with van der Waals surface area (Å²) in [7, 11) is 0. The molecule has 1 N–H and O–H groups in total. The maximum absolute atomic E-state index is 12.6. The zero-order chi connectivity index (χ0) is 19.4. The lowest BCUT2D eigenvalue weighted by atomic mass is 10.1. The van der Waals surface area contributed by atoms with E-state index >= 15 is 0 Å². The van der Waals surface area contributed by atoms with E-state index in [0.717, 1.165) is 11.3 Å². The normalized spacial score (nSPS) is 10.3. The number of thiophene rings is 1. The van der Waals surface area contributed by atoms with Crippen LogP contribution in [-0.2, 0) is 0 Å². The lowest BCUT2D eigenvalue weighted by molar-refractivity contribution is 0.0777. The smallest absolute Gasteiger partial charge is 0.264 e. The molecule has 5 nitrogen and oxygen atoms in total. The standard InChI is InChI=1S/C18H17Cl2N3O2S/c1-4-23(5-2)18(25)15-10(3)12(9-21)17(26-15)22-16(24)11-6-7-13(19)14(20)8-11/h6-8H,4-5H2,1-3H3,(H,22,24). The summed E-state index contributed by atoms with van der Waals surface area (Å²) in [6.45, 7) is 6.63. The fraction of sp³-hybridized carbons (Fsp3) is 0.278. The predicted molar refractivity (Wildman–Crippen MR) is 105 cm³/mol. The number of rotatable bonds is 5. The molecule has 0 spiro atoms. The first-order valence-electron chi connectivity index (χ1n) is 7.93. The van der Waals surface area contributed by atoms with Gasteiger partial charge in [0.2, 0.25) is 0 Å². The van der Waals surface area contributed by atoms with E-state index in [1.807, 2.05) is 13.8 Å². The summed E-state index contributed by atoms with van der Waals surface area (Å²) < 4.78 is 0. The summed E-state index contributed by atoms with van der Waals surface area (Å²) in [5, 5.41) is 13.1. The highest BCUT2D eigenvalue weighted by Crippen LogP contribution is 2.34. The highest BCUT2D eigenvalue weighted by molar-refractivity contribution is 7.18. The minimum Gasteiger partial charge on any atom is -0.338 e. The van der Waals surface area contributed by atoms with Crippen LogP contribution >= 0.6 is 34.5 Å². The summed E-state index contributed by atoms with van der Waals surface area (Å²) in [5.41, 5.74) is 1.17. The summed E-state index contributed by atoms with van der Waals surface area (Å²) in [6, 6.07) is 6.59. The molecule has 0 saturated heterocycles. The SMILES string of the molecule is CCN(CC)C(=O)c1sc(NC(=O)c2ccc(Cl)c(Cl)c2)c(C#N)c1C. The van der Waals surface area contributed by atoms with Gasteiger partial charge in [0.05, 0.1) is 20.5 Å². The first-order valence-corrected chi connectivity index (χ1v) is 9.50. The molecule has 0 aliphatic rings. The van der Waals surface area contributed by atoms with Gasteiger partial charge in [-0.2, -0.15) is 5.26 Å². The van der Waals surface area contributed by atoms with Crippen molar-refractivity contribution >= 4 is 51.4 Å². The summed E-state index contributed by atoms with van der Waals surface area (Å²) in [5.74, 6) is -0.577. The number of carbonyl (C=O) groups excluding carboxylic acids is 2. The predicted octanol–water partition coefficient (Wildman–Crippen LogP) is 4.97. The number of nitrogens with one attached hydrogen (secondary N) is 1. The van der Waals surface area contributed by atoms with Crippen molar-refractivity contribution in [2.75, 3.05) is 18.4 Å². The molecule has 26 heavy (non-hydrogen) atoms. The number of hydrogen-bond acceptors (Lipinski definition) is 4. The van der Waals surface area contributed by atoms with Crippen LogP contribution in [0.5, 0.6) is 0 Å². The van der Waals surface area contributed by atoms with Crippen molar-refractivity contribution in [2.24, 2.45) is 0 Å². The Balaban J connectivity index is 2.36. The third-order valence-electron chi connectivity index (χ3n) is 3.91. The molecule has 0 aliphatic carbocycles. The number of anilines is 1. The molecular formula is C18H17Cl2N3O2S. The van der Waals surface area contributed by atoms with Gasteiger partial charge in [0, 0.05) is 18.7 Å². The fourth-order valence-electron chi connectivity index (χ4n) is 2.41. The number of hydrogen-bond donors (Lipinski definition) is 1. The van der Waals surface area contributed by atoms with E-state index in [1.165, 1.54) is 18.2 Å². The van der Waals surface area contributed by atoms with Crippen molar-refractivity contribution < 1.29 is 9.59 Å². The lowest BCUT2D eigenvalue weighted by Crippen LogP contribution is -2.30. The number of benzene rings is 1. The number of nitrogens with zero attached hydrogens (tertiary/aromatic N) is 2. The van der Waals surface area contributed by atoms with E-state index in [9.17, 15) is 14.9 Å². The van der Waals surface area contributed by atoms with E-state index in [1.54, 1.807) is 11.8 Å². The summed E-state index contributed by atoms with van der Waals surface area (Å²) >= 11 is 12.9. The number of amides is 2. The van der Waals surface area contributed by atoms with Crippen molar-refractivity contribution in [3.8, 4) is 6.07 Å². The quantitative estimate of drug-likeness (QED) is 0.757. The average Bonchev–Trinajstić information content (AvgIpc) is 2.93. The first-order chi connectivity index (χ1) is 12.3. The van der Waals surface area contributed by atoms with Gasteiger partial charge in [0.15, 0.2) is 0 Å². The largest absolute Gasteiger partial charge is 0.338 e.